The van der Waals surface area contributed by atoms with Crippen LogP contribution in [0.25, 0.3) is 0 Å². The number of sulfone groups is 1. The summed E-state index contributed by atoms with van der Waals surface area (Å²) in [7, 11) is -3.00. The smallest absolute Gasteiger partial charge is 0.169 e. The van der Waals surface area contributed by atoms with Gasteiger partial charge in [-0.3, -0.25) is 0 Å². The van der Waals surface area contributed by atoms with Crippen LogP contribution in [-0.2, 0) is 19.3 Å². The van der Waals surface area contributed by atoms with Gasteiger partial charge in [0.05, 0.1) is 24.2 Å². The molecule has 1 atom stereocenters. The lowest BCUT2D eigenvalue weighted by Crippen LogP contribution is -2.40. The molecule has 1 heterocycles. The standard InChI is InChI=1S/C9H19NO4S/c1-8(2)15(11,12)6-5-14-9-7-10-3-4-13-9/h8-10H,3-7H2,1-2H3. The highest BCUT2D eigenvalue weighted by Gasteiger charge is 2.18. The monoisotopic (exact) mass is 237 g/mol. The van der Waals surface area contributed by atoms with Crippen LogP contribution in [0.4, 0.5) is 0 Å². The maximum Gasteiger partial charge on any atom is 0.169 e. The Morgan fingerprint density at radius 3 is 2.80 bits per heavy atom. The number of hydrogen-bond donors (Lipinski definition) is 1. The fourth-order valence-electron chi connectivity index (χ4n) is 1.18. The molecule has 1 rings (SSSR count). The van der Waals surface area contributed by atoms with Crippen molar-refractivity contribution in [3.05, 3.63) is 0 Å². The van der Waals surface area contributed by atoms with E-state index in [0.29, 0.717) is 13.2 Å². The van der Waals surface area contributed by atoms with Crippen LogP contribution in [0.5, 0.6) is 0 Å². The van der Waals surface area contributed by atoms with Crippen molar-refractivity contribution in [3.8, 4) is 0 Å². The molecular formula is C9H19NO4S. The minimum Gasteiger partial charge on any atom is -0.350 e. The predicted molar refractivity (Wildman–Crippen MR) is 57.5 cm³/mol. The van der Waals surface area contributed by atoms with Gasteiger partial charge in [0.25, 0.3) is 0 Å². The van der Waals surface area contributed by atoms with E-state index in [0.717, 1.165) is 6.54 Å². The molecule has 0 amide bonds. The molecule has 0 aromatic rings. The van der Waals surface area contributed by atoms with Crippen LogP contribution in [0.3, 0.4) is 0 Å². The largest absolute Gasteiger partial charge is 0.350 e. The van der Waals surface area contributed by atoms with Crippen molar-refractivity contribution in [1.29, 1.82) is 0 Å². The van der Waals surface area contributed by atoms with Gasteiger partial charge in [-0.2, -0.15) is 0 Å². The van der Waals surface area contributed by atoms with Crippen molar-refractivity contribution >= 4 is 9.84 Å². The molecule has 0 aromatic carbocycles. The third-order valence-electron chi connectivity index (χ3n) is 2.28. The van der Waals surface area contributed by atoms with E-state index in [2.05, 4.69) is 5.32 Å². The van der Waals surface area contributed by atoms with Crippen LogP contribution in [0.1, 0.15) is 13.8 Å². The first kappa shape index (κ1) is 12.9. The van der Waals surface area contributed by atoms with Gasteiger partial charge in [-0.1, -0.05) is 0 Å². The Labute approximate surface area is 91.1 Å². The lowest BCUT2D eigenvalue weighted by molar-refractivity contribution is -0.149. The van der Waals surface area contributed by atoms with E-state index in [1.54, 1.807) is 13.8 Å². The molecule has 1 aliphatic rings. The van der Waals surface area contributed by atoms with E-state index < -0.39 is 9.84 Å². The van der Waals surface area contributed by atoms with Crippen molar-refractivity contribution in [3.63, 3.8) is 0 Å². The minimum atomic E-state index is -3.00. The van der Waals surface area contributed by atoms with Gasteiger partial charge in [-0.15, -0.1) is 0 Å². The zero-order chi connectivity index (χ0) is 11.3. The summed E-state index contributed by atoms with van der Waals surface area (Å²) >= 11 is 0. The van der Waals surface area contributed by atoms with Gasteiger partial charge in [0.2, 0.25) is 0 Å². The summed E-state index contributed by atoms with van der Waals surface area (Å²) in [5.41, 5.74) is 0. The van der Waals surface area contributed by atoms with Gasteiger partial charge >= 0.3 is 0 Å². The summed E-state index contributed by atoms with van der Waals surface area (Å²) < 4.78 is 33.4. The maximum absolute atomic E-state index is 11.4. The number of morpholine rings is 1. The molecule has 1 saturated heterocycles. The summed E-state index contributed by atoms with van der Waals surface area (Å²) in [6, 6.07) is 0. The second kappa shape index (κ2) is 5.79. The van der Waals surface area contributed by atoms with E-state index in [-0.39, 0.29) is 23.9 Å². The second-order valence-electron chi connectivity index (χ2n) is 3.79. The van der Waals surface area contributed by atoms with Crippen molar-refractivity contribution in [1.82, 2.24) is 5.32 Å². The number of nitrogens with one attached hydrogen (secondary N) is 1. The Morgan fingerprint density at radius 1 is 1.53 bits per heavy atom. The van der Waals surface area contributed by atoms with Gasteiger partial charge < -0.3 is 14.8 Å². The van der Waals surface area contributed by atoms with Crippen LogP contribution in [-0.4, -0.2) is 52.0 Å². The normalized spacial score (nSPS) is 23.3. The number of ether oxygens (including phenoxy) is 2. The summed E-state index contributed by atoms with van der Waals surface area (Å²) in [4.78, 5) is 0. The van der Waals surface area contributed by atoms with Crippen molar-refractivity contribution < 1.29 is 17.9 Å². The average Bonchev–Trinajstić information content (AvgIpc) is 2.19. The molecule has 0 aromatic heterocycles. The predicted octanol–water partition coefficient (Wildman–Crippen LogP) is -0.228. The first-order chi connectivity index (χ1) is 7.02. The SMILES string of the molecule is CC(C)S(=O)(=O)CCOC1CNCCO1. The molecule has 90 valence electrons. The van der Waals surface area contributed by atoms with E-state index in [4.69, 9.17) is 9.47 Å². The molecule has 5 nitrogen and oxygen atoms in total. The van der Waals surface area contributed by atoms with E-state index in [9.17, 15) is 8.42 Å². The Bertz CT molecular complexity index is 270. The Hall–Kier alpha value is -0.170. The Kier molecular flexibility index (Phi) is 4.98. The van der Waals surface area contributed by atoms with Crippen LogP contribution in [0.2, 0.25) is 0 Å². The first-order valence-corrected chi connectivity index (χ1v) is 6.89. The molecule has 0 saturated carbocycles. The van der Waals surface area contributed by atoms with Crippen molar-refractivity contribution in [2.45, 2.75) is 25.4 Å². The Morgan fingerprint density at radius 2 is 2.27 bits per heavy atom. The lowest BCUT2D eigenvalue weighted by atomic mass is 10.5. The molecule has 0 radical (unpaired) electrons. The molecule has 0 bridgehead atoms. The quantitative estimate of drug-likeness (QED) is 0.715. The van der Waals surface area contributed by atoms with Crippen molar-refractivity contribution in [2.75, 3.05) is 32.1 Å². The molecule has 0 spiro atoms. The lowest BCUT2D eigenvalue weighted by Gasteiger charge is -2.23. The number of rotatable bonds is 5. The molecule has 1 N–H and O–H groups in total. The molecule has 1 fully saturated rings. The molecular weight excluding hydrogens is 218 g/mol. The fourth-order valence-corrected chi connectivity index (χ4v) is 1.98. The van der Waals surface area contributed by atoms with Gasteiger partial charge in [-0.05, 0) is 13.8 Å². The average molecular weight is 237 g/mol. The van der Waals surface area contributed by atoms with E-state index >= 15 is 0 Å². The Balaban J connectivity index is 2.20. The van der Waals surface area contributed by atoms with Gasteiger partial charge in [0.15, 0.2) is 16.1 Å². The minimum absolute atomic E-state index is 0.0600. The van der Waals surface area contributed by atoms with Crippen molar-refractivity contribution in [2.24, 2.45) is 0 Å². The topological polar surface area (TPSA) is 64.6 Å². The van der Waals surface area contributed by atoms with Crippen LogP contribution < -0.4 is 5.32 Å². The second-order valence-corrected chi connectivity index (χ2v) is 6.47. The zero-order valence-corrected chi connectivity index (χ0v) is 10.0. The van der Waals surface area contributed by atoms with Crippen LogP contribution in [0, 0.1) is 0 Å². The third kappa shape index (κ3) is 4.46. The van der Waals surface area contributed by atoms with E-state index in [1.807, 2.05) is 0 Å². The third-order valence-corrected chi connectivity index (χ3v) is 4.46. The highest BCUT2D eigenvalue weighted by Crippen LogP contribution is 2.03. The summed E-state index contributed by atoms with van der Waals surface area (Å²) in [6.07, 6.45) is -0.305. The van der Waals surface area contributed by atoms with Crippen LogP contribution >= 0.6 is 0 Å². The van der Waals surface area contributed by atoms with E-state index in [1.165, 1.54) is 0 Å². The highest BCUT2D eigenvalue weighted by molar-refractivity contribution is 7.91. The summed E-state index contributed by atoms with van der Waals surface area (Å²) in [5, 5.41) is 2.76. The molecule has 15 heavy (non-hydrogen) atoms. The maximum atomic E-state index is 11.4. The summed E-state index contributed by atoms with van der Waals surface area (Å²) in [5.74, 6) is 0.0600. The fraction of sp³-hybridized carbons (Fsp3) is 1.00. The molecule has 1 aliphatic heterocycles. The summed E-state index contributed by atoms with van der Waals surface area (Å²) in [6.45, 7) is 5.61. The molecule has 6 heteroatoms. The van der Waals surface area contributed by atoms with Gasteiger partial charge in [-0.25, -0.2) is 8.42 Å². The first-order valence-electron chi connectivity index (χ1n) is 5.18. The number of hydrogen-bond acceptors (Lipinski definition) is 5. The highest BCUT2D eigenvalue weighted by atomic mass is 32.2. The van der Waals surface area contributed by atoms with Gasteiger partial charge in [0.1, 0.15) is 0 Å². The van der Waals surface area contributed by atoms with Gasteiger partial charge in [0, 0.05) is 13.1 Å². The van der Waals surface area contributed by atoms with Crippen LogP contribution in [0.15, 0.2) is 0 Å². The molecule has 1 unspecified atom stereocenters. The molecule has 0 aliphatic carbocycles. The zero-order valence-electron chi connectivity index (χ0n) is 9.23.